The zero-order chi connectivity index (χ0) is 8.97. The monoisotopic (exact) mass is 167 g/mol. The zero-order valence-corrected chi connectivity index (χ0v) is 7.22. The second kappa shape index (κ2) is 4.04. The lowest BCUT2D eigenvalue weighted by Crippen LogP contribution is -2.18. The molecule has 3 nitrogen and oxygen atoms in total. The van der Waals surface area contributed by atoms with Crippen LogP contribution in [0.1, 0.15) is 25.7 Å². The highest BCUT2D eigenvalue weighted by Crippen LogP contribution is 2.18. The number of allylic oxidation sites excluding steroid dienone is 1. The molecule has 0 spiro atoms. The van der Waals surface area contributed by atoms with Crippen LogP contribution < -0.4 is 0 Å². The molecule has 3 heteroatoms. The Bertz CT molecular complexity index is 231. The fraction of sp³-hybridized carbons (Fsp3) is 0.556. The summed E-state index contributed by atoms with van der Waals surface area (Å²) in [6.45, 7) is 0. The van der Waals surface area contributed by atoms with Crippen molar-refractivity contribution in [3.8, 4) is 0 Å². The normalized spacial score (nSPS) is 16.6. The van der Waals surface area contributed by atoms with Crippen molar-refractivity contribution >= 4 is 11.7 Å². The second-order valence-corrected chi connectivity index (χ2v) is 2.84. The SMILES string of the molecule is COC(=O)C(=N)C1=CCCCC1. The van der Waals surface area contributed by atoms with Crippen molar-refractivity contribution < 1.29 is 9.53 Å². The highest BCUT2D eigenvalue weighted by molar-refractivity contribution is 6.41. The van der Waals surface area contributed by atoms with E-state index in [4.69, 9.17) is 5.41 Å². The van der Waals surface area contributed by atoms with Gasteiger partial charge in [-0.25, -0.2) is 4.79 Å². The van der Waals surface area contributed by atoms with Crippen LogP contribution in [0.2, 0.25) is 0 Å². The Morgan fingerprint density at radius 2 is 2.33 bits per heavy atom. The third kappa shape index (κ3) is 1.94. The molecule has 1 N–H and O–H groups in total. The largest absolute Gasteiger partial charge is 0.464 e. The Kier molecular flexibility index (Phi) is 3.02. The van der Waals surface area contributed by atoms with E-state index in [1.54, 1.807) is 0 Å². The molecule has 0 unspecified atom stereocenters. The van der Waals surface area contributed by atoms with Crippen LogP contribution in [0.3, 0.4) is 0 Å². The van der Waals surface area contributed by atoms with Gasteiger partial charge in [-0.2, -0.15) is 0 Å². The third-order valence-corrected chi connectivity index (χ3v) is 2.00. The van der Waals surface area contributed by atoms with Gasteiger partial charge in [-0.1, -0.05) is 6.08 Å². The molecule has 0 aromatic heterocycles. The van der Waals surface area contributed by atoms with E-state index >= 15 is 0 Å². The summed E-state index contributed by atoms with van der Waals surface area (Å²) in [4.78, 5) is 10.9. The van der Waals surface area contributed by atoms with E-state index in [1.165, 1.54) is 7.11 Å². The molecule has 0 aromatic rings. The molecule has 1 aliphatic rings. The first-order chi connectivity index (χ1) is 5.75. The fourth-order valence-corrected chi connectivity index (χ4v) is 1.30. The number of nitrogens with one attached hydrogen (secondary N) is 1. The van der Waals surface area contributed by atoms with Crippen LogP contribution >= 0.6 is 0 Å². The van der Waals surface area contributed by atoms with E-state index in [1.807, 2.05) is 6.08 Å². The standard InChI is InChI=1S/C9H13NO2/c1-12-9(11)8(10)7-5-3-2-4-6-7/h5,10H,2-4,6H2,1H3. The minimum atomic E-state index is -0.525. The highest BCUT2D eigenvalue weighted by atomic mass is 16.5. The van der Waals surface area contributed by atoms with Gasteiger partial charge < -0.3 is 4.74 Å². The van der Waals surface area contributed by atoms with Crippen LogP contribution in [0.5, 0.6) is 0 Å². The van der Waals surface area contributed by atoms with Crippen LogP contribution in [0, 0.1) is 5.41 Å². The summed E-state index contributed by atoms with van der Waals surface area (Å²) < 4.78 is 4.46. The lowest BCUT2D eigenvalue weighted by molar-refractivity contribution is -0.132. The molecule has 0 saturated heterocycles. The molecular weight excluding hydrogens is 154 g/mol. The van der Waals surface area contributed by atoms with Crippen molar-refractivity contribution in [2.24, 2.45) is 0 Å². The van der Waals surface area contributed by atoms with Crippen molar-refractivity contribution in [2.75, 3.05) is 7.11 Å². The third-order valence-electron chi connectivity index (χ3n) is 2.00. The predicted octanol–water partition coefficient (Wildman–Crippen LogP) is 1.68. The summed E-state index contributed by atoms with van der Waals surface area (Å²) >= 11 is 0. The average Bonchev–Trinajstić information content (AvgIpc) is 2.17. The maximum absolute atomic E-state index is 10.9. The van der Waals surface area contributed by atoms with Gasteiger partial charge in [0.15, 0.2) is 0 Å². The molecule has 0 aliphatic heterocycles. The number of esters is 1. The maximum Gasteiger partial charge on any atom is 0.356 e. The number of rotatable bonds is 2. The van der Waals surface area contributed by atoms with Gasteiger partial charge in [0.25, 0.3) is 0 Å². The number of hydrogen-bond donors (Lipinski definition) is 1. The van der Waals surface area contributed by atoms with E-state index < -0.39 is 5.97 Å². The lowest BCUT2D eigenvalue weighted by Gasteiger charge is -2.11. The molecule has 0 saturated carbocycles. The molecule has 1 aliphatic carbocycles. The summed E-state index contributed by atoms with van der Waals surface area (Å²) in [5.74, 6) is -0.525. The first kappa shape index (κ1) is 8.97. The first-order valence-electron chi connectivity index (χ1n) is 4.12. The number of carbonyl (C=O) groups excluding carboxylic acids is 1. The molecule has 0 amide bonds. The molecule has 0 aromatic carbocycles. The predicted molar refractivity (Wildman–Crippen MR) is 46.3 cm³/mol. The first-order valence-corrected chi connectivity index (χ1v) is 4.12. The molecular formula is C9H13NO2. The number of hydrogen-bond acceptors (Lipinski definition) is 3. The van der Waals surface area contributed by atoms with Gasteiger partial charge in [-0.15, -0.1) is 0 Å². The number of carbonyl (C=O) groups is 1. The van der Waals surface area contributed by atoms with Crippen LogP contribution in [-0.2, 0) is 9.53 Å². The average molecular weight is 167 g/mol. The highest BCUT2D eigenvalue weighted by Gasteiger charge is 2.15. The second-order valence-electron chi connectivity index (χ2n) is 2.84. The van der Waals surface area contributed by atoms with Crippen LogP contribution in [-0.4, -0.2) is 18.8 Å². The van der Waals surface area contributed by atoms with Crippen LogP contribution in [0.25, 0.3) is 0 Å². The van der Waals surface area contributed by atoms with Crippen molar-refractivity contribution in [1.29, 1.82) is 5.41 Å². The summed E-state index contributed by atoms with van der Waals surface area (Å²) in [5, 5.41) is 7.45. The van der Waals surface area contributed by atoms with Crippen LogP contribution in [0.15, 0.2) is 11.6 Å². The fourth-order valence-electron chi connectivity index (χ4n) is 1.30. The zero-order valence-electron chi connectivity index (χ0n) is 7.22. The quantitative estimate of drug-likeness (QED) is 0.502. The van der Waals surface area contributed by atoms with E-state index in [0.717, 1.165) is 31.3 Å². The summed E-state index contributed by atoms with van der Waals surface area (Å²) in [5.41, 5.74) is 0.866. The van der Waals surface area contributed by atoms with E-state index in [0.29, 0.717) is 0 Å². The molecule has 0 radical (unpaired) electrons. The van der Waals surface area contributed by atoms with Gasteiger partial charge in [0.2, 0.25) is 0 Å². The molecule has 12 heavy (non-hydrogen) atoms. The Balaban J connectivity index is 2.62. The number of ether oxygens (including phenoxy) is 1. The van der Waals surface area contributed by atoms with Crippen molar-refractivity contribution in [2.45, 2.75) is 25.7 Å². The smallest absolute Gasteiger partial charge is 0.356 e. The van der Waals surface area contributed by atoms with Gasteiger partial charge in [-0.3, -0.25) is 5.41 Å². The Morgan fingerprint density at radius 1 is 1.58 bits per heavy atom. The summed E-state index contributed by atoms with van der Waals surface area (Å²) in [6, 6.07) is 0. The van der Waals surface area contributed by atoms with E-state index in [-0.39, 0.29) is 5.71 Å². The Labute approximate surface area is 71.9 Å². The molecule has 0 atom stereocenters. The van der Waals surface area contributed by atoms with Gasteiger partial charge in [0.05, 0.1) is 7.11 Å². The van der Waals surface area contributed by atoms with E-state index in [9.17, 15) is 4.79 Å². The van der Waals surface area contributed by atoms with Gasteiger partial charge >= 0.3 is 5.97 Å². The topological polar surface area (TPSA) is 50.2 Å². The molecule has 66 valence electrons. The van der Waals surface area contributed by atoms with Crippen molar-refractivity contribution in [3.63, 3.8) is 0 Å². The van der Waals surface area contributed by atoms with Gasteiger partial charge in [0, 0.05) is 0 Å². The Hall–Kier alpha value is -1.12. The molecule has 0 fully saturated rings. The summed E-state index contributed by atoms with van der Waals surface area (Å²) in [7, 11) is 1.31. The number of methoxy groups -OCH3 is 1. The molecule has 0 bridgehead atoms. The minimum absolute atomic E-state index is 0.0252. The maximum atomic E-state index is 10.9. The summed E-state index contributed by atoms with van der Waals surface area (Å²) in [6.07, 6.45) is 6.02. The Morgan fingerprint density at radius 3 is 2.83 bits per heavy atom. The molecule has 0 heterocycles. The minimum Gasteiger partial charge on any atom is -0.464 e. The van der Waals surface area contributed by atoms with Crippen molar-refractivity contribution in [1.82, 2.24) is 0 Å². The molecule has 1 rings (SSSR count). The van der Waals surface area contributed by atoms with E-state index in [2.05, 4.69) is 4.74 Å². The van der Waals surface area contributed by atoms with Gasteiger partial charge in [0.1, 0.15) is 5.71 Å². The van der Waals surface area contributed by atoms with Crippen molar-refractivity contribution in [3.05, 3.63) is 11.6 Å². The van der Waals surface area contributed by atoms with Crippen LogP contribution in [0.4, 0.5) is 0 Å². The van der Waals surface area contributed by atoms with Gasteiger partial charge in [-0.05, 0) is 31.3 Å². The lowest BCUT2D eigenvalue weighted by atomic mass is 9.96.